The second-order valence-electron chi connectivity index (χ2n) is 6.93. The number of hydrogen-bond donors (Lipinski definition) is 0. The maximum Gasteiger partial charge on any atom is 0.343 e. The van der Waals surface area contributed by atoms with Gasteiger partial charge in [0.1, 0.15) is 30.3 Å². The number of rotatable bonds is 9. The van der Waals surface area contributed by atoms with Crippen LogP contribution in [0.2, 0.25) is 0 Å². The van der Waals surface area contributed by atoms with Gasteiger partial charge in [-0.2, -0.15) is 0 Å². The lowest BCUT2D eigenvalue weighted by Gasteiger charge is -2.21. The Hall–Kier alpha value is -3.80. The van der Waals surface area contributed by atoms with Gasteiger partial charge in [0.2, 0.25) is 6.10 Å². The first kappa shape index (κ1) is 21.9. The Morgan fingerprint density at radius 3 is 2.03 bits per heavy atom. The van der Waals surface area contributed by atoms with Crippen LogP contribution in [0.4, 0.5) is 0 Å². The Labute approximate surface area is 182 Å². The molecular weight excluding hydrogens is 394 g/mol. The minimum absolute atomic E-state index is 0.245. The standard InChI is InChI=1S/C25H25NO5/c1-26(2)24(27)23(19-11-5-3-6-12-19)31-25(28)21-15-9-10-16-22(21)30-18-17-29-20-13-7-4-8-14-20/h3-16,23H,17-18H2,1-2H3/t23-/m0/s1. The molecule has 0 fully saturated rings. The topological polar surface area (TPSA) is 65.1 Å². The molecule has 0 aliphatic heterocycles. The van der Waals surface area contributed by atoms with E-state index in [1.807, 2.05) is 36.4 Å². The molecule has 0 bridgehead atoms. The van der Waals surface area contributed by atoms with E-state index in [1.54, 1.807) is 62.6 Å². The first-order chi connectivity index (χ1) is 15.1. The summed E-state index contributed by atoms with van der Waals surface area (Å²) in [6, 6.07) is 25.1. The molecule has 1 amide bonds. The van der Waals surface area contributed by atoms with E-state index in [0.717, 1.165) is 5.75 Å². The molecule has 0 saturated heterocycles. The number of amides is 1. The molecule has 1 atom stereocenters. The number of esters is 1. The fourth-order valence-electron chi connectivity index (χ4n) is 2.88. The van der Waals surface area contributed by atoms with Crippen LogP contribution in [0, 0.1) is 0 Å². The molecule has 0 radical (unpaired) electrons. The molecule has 0 saturated carbocycles. The minimum Gasteiger partial charge on any atom is -0.490 e. The normalized spacial score (nSPS) is 11.3. The Morgan fingerprint density at radius 1 is 0.774 bits per heavy atom. The fourth-order valence-corrected chi connectivity index (χ4v) is 2.88. The Bertz CT molecular complexity index is 989. The molecule has 6 heteroatoms. The maximum absolute atomic E-state index is 12.9. The summed E-state index contributed by atoms with van der Waals surface area (Å²) < 4.78 is 17.0. The van der Waals surface area contributed by atoms with Gasteiger partial charge < -0.3 is 19.1 Å². The summed E-state index contributed by atoms with van der Waals surface area (Å²) in [7, 11) is 3.24. The van der Waals surface area contributed by atoms with Crippen molar-refractivity contribution >= 4 is 11.9 Å². The van der Waals surface area contributed by atoms with Crippen LogP contribution in [-0.4, -0.2) is 44.1 Å². The highest BCUT2D eigenvalue weighted by Crippen LogP contribution is 2.25. The molecule has 0 unspecified atom stereocenters. The van der Waals surface area contributed by atoms with Crippen LogP contribution < -0.4 is 9.47 Å². The van der Waals surface area contributed by atoms with Gasteiger partial charge >= 0.3 is 5.97 Å². The summed E-state index contributed by atoms with van der Waals surface area (Å²) >= 11 is 0. The molecule has 31 heavy (non-hydrogen) atoms. The third-order valence-corrected chi connectivity index (χ3v) is 4.45. The number of ether oxygens (including phenoxy) is 3. The number of hydrogen-bond acceptors (Lipinski definition) is 5. The number of carbonyl (C=O) groups excluding carboxylic acids is 2. The third kappa shape index (κ3) is 6.09. The number of para-hydroxylation sites is 2. The van der Waals surface area contributed by atoms with Gasteiger partial charge in [0.25, 0.3) is 5.91 Å². The van der Waals surface area contributed by atoms with Gasteiger partial charge in [0.15, 0.2) is 0 Å². The molecule has 3 aromatic rings. The third-order valence-electron chi connectivity index (χ3n) is 4.45. The maximum atomic E-state index is 12.9. The van der Waals surface area contributed by atoms with Crippen LogP contribution in [0.3, 0.4) is 0 Å². The highest BCUT2D eigenvalue weighted by molar-refractivity contribution is 5.95. The lowest BCUT2D eigenvalue weighted by atomic mass is 10.1. The molecule has 3 rings (SSSR count). The second-order valence-corrected chi connectivity index (χ2v) is 6.93. The van der Waals surface area contributed by atoms with Gasteiger partial charge in [0.05, 0.1) is 0 Å². The van der Waals surface area contributed by atoms with Crippen molar-refractivity contribution in [1.82, 2.24) is 4.90 Å². The number of nitrogens with zero attached hydrogens (tertiary/aromatic N) is 1. The van der Waals surface area contributed by atoms with Crippen LogP contribution in [0.1, 0.15) is 22.0 Å². The van der Waals surface area contributed by atoms with Crippen LogP contribution in [0.5, 0.6) is 11.5 Å². The highest BCUT2D eigenvalue weighted by Gasteiger charge is 2.28. The Kier molecular flexibility index (Phi) is 7.65. The lowest BCUT2D eigenvalue weighted by molar-refractivity contribution is -0.138. The van der Waals surface area contributed by atoms with Crippen molar-refractivity contribution < 1.29 is 23.8 Å². The fraction of sp³-hybridized carbons (Fsp3) is 0.200. The van der Waals surface area contributed by atoms with E-state index in [9.17, 15) is 9.59 Å². The zero-order valence-electron chi connectivity index (χ0n) is 17.6. The van der Waals surface area contributed by atoms with E-state index >= 15 is 0 Å². The summed E-state index contributed by atoms with van der Waals surface area (Å²) in [5, 5.41) is 0. The first-order valence-electron chi connectivity index (χ1n) is 9.93. The highest BCUT2D eigenvalue weighted by atomic mass is 16.6. The van der Waals surface area contributed by atoms with E-state index in [0.29, 0.717) is 17.9 Å². The molecule has 160 valence electrons. The smallest absolute Gasteiger partial charge is 0.343 e. The van der Waals surface area contributed by atoms with Crippen LogP contribution in [0.25, 0.3) is 0 Å². The van der Waals surface area contributed by atoms with Gasteiger partial charge in [-0.1, -0.05) is 60.7 Å². The van der Waals surface area contributed by atoms with Crippen LogP contribution in [0.15, 0.2) is 84.9 Å². The molecule has 0 aliphatic carbocycles. The molecule has 6 nitrogen and oxygen atoms in total. The molecule has 3 aromatic carbocycles. The molecule has 0 heterocycles. The van der Waals surface area contributed by atoms with Crippen molar-refractivity contribution in [2.24, 2.45) is 0 Å². The van der Waals surface area contributed by atoms with Gasteiger partial charge in [-0.25, -0.2) is 4.79 Å². The van der Waals surface area contributed by atoms with Crippen molar-refractivity contribution in [3.05, 3.63) is 96.1 Å². The molecule has 0 aromatic heterocycles. The first-order valence-corrected chi connectivity index (χ1v) is 9.93. The zero-order valence-corrected chi connectivity index (χ0v) is 17.6. The minimum atomic E-state index is -1.04. The summed E-state index contributed by atoms with van der Waals surface area (Å²) in [5.74, 6) is 0.151. The average Bonchev–Trinajstić information content (AvgIpc) is 2.81. The number of carbonyl (C=O) groups is 2. The van der Waals surface area contributed by atoms with Crippen molar-refractivity contribution in [1.29, 1.82) is 0 Å². The van der Waals surface area contributed by atoms with Crippen molar-refractivity contribution in [3.63, 3.8) is 0 Å². The van der Waals surface area contributed by atoms with Crippen molar-refractivity contribution in [2.75, 3.05) is 27.3 Å². The van der Waals surface area contributed by atoms with Gasteiger partial charge in [0, 0.05) is 19.7 Å². The predicted molar refractivity (Wildman–Crippen MR) is 117 cm³/mol. The number of benzene rings is 3. The summed E-state index contributed by atoms with van der Waals surface area (Å²) in [6.45, 7) is 0.567. The second kappa shape index (κ2) is 10.8. The van der Waals surface area contributed by atoms with E-state index in [-0.39, 0.29) is 18.1 Å². The SMILES string of the molecule is CN(C)C(=O)[C@@H](OC(=O)c1ccccc1OCCOc1ccccc1)c1ccccc1. The zero-order chi connectivity index (χ0) is 22.1. The summed E-state index contributed by atoms with van der Waals surface area (Å²) in [6.07, 6.45) is -1.04. The monoisotopic (exact) mass is 419 g/mol. The van der Waals surface area contributed by atoms with Crippen LogP contribution in [-0.2, 0) is 9.53 Å². The Balaban J connectivity index is 1.68. The van der Waals surface area contributed by atoms with E-state index in [1.165, 1.54) is 4.90 Å². The molecular formula is C25H25NO5. The largest absolute Gasteiger partial charge is 0.490 e. The molecule has 0 N–H and O–H groups in total. The van der Waals surface area contributed by atoms with E-state index in [2.05, 4.69) is 0 Å². The summed E-state index contributed by atoms with van der Waals surface area (Å²) in [5.41, 5.74) is 0.846. The van der Waals surface area contributed by atoms with Crippen LogP contribution >= 0.6 is 0 Å². The van der Waals surface area contributed by atoms with Gasteiger partial charge in [-0.15, -0.1) is 0 Å². The summed E-state index contributed by atoms with van der Waals surface area (Å²) in [4.78, 5) is 27.0. The van der Waals surface area contributed by atoms with Crippen molar-refractivity contribution in [3.8, 4) is 11.5 Å². The van der Waals surface area contributed by atoms with Crippen molar-refractivity contribution in [2.45, 2.75) is 6.10 Å². The molecule has 0 aliphatic rings. The number of likely N-dealkylation sites (N-methyl/N-ethyl adjacent to an activating group) is 1. The van der Waals surface area contributed by atoms with E-state index in [4.69, 9.17) is 14.2 Å². The predicted octanol–water partition coefficient (Wildman–Crippen LogP) is 4.13. The van der Waals surface area contributed by atoms with E-state index < -0.39 is 12.1 Å². The molecule has 0 spiro atoms. The lowest BCUT2D eigenvalue weighted by Crippen LogP contribution is -2.31. The Morgan fingerprint density at radius 2 is 1.35 bits per heavy atom. The quantitative estimate of drug-likeness (QED) is 0.385. The average molecular weight is 419 g/mol. The van der Waals surface area contributed by atoms with Gasteiger partial charge in [-0.05, 0) is 24.3 Å². The van der Waals surface area contributed by atoms with Gasteiger partial charge in [-0.3, -0.25) is 4.79 Å².